The van der Waals surface area contributed by atoms with Crippen molar-refractivity contribution in [3.05, 3.63) is 65.4 Å². The molecule has 2 N–H and O–H groups in total. The van der Waals surface area contributed by atoms with E-state index in [-0.39, 0.29) is 23.8 Å². The number of aromatic nitrogens is 2. The molecule has 0 bridgehead atoms. The number of aromatic hydroxyl groups is 1. The van der Waals surface area contributed by atoms with E-state index in [9.17, 15) is 9.90 Å². The molecule has 0 spiro atoms. The Morgan fingerprint density at radius 1 is 1.12 bits per heavy atom. The Morgan fingerprint density at radius 2 is 1.88 bits per heavy atom. The maximum absolute atomic E-state index is 13.4. The number of phenols is 1. The van der Waals surface area contributed by atoms with Gasteiger partial charge in [0.2, 0.25) is 0 Å². The lowest BCUT2D eigenvalue weighted by atomic mass is 9.95. The van der Waals surface area contributed by atoms with Crippen LogP contribution in [0.5, 0.6) is 11.5 Å². The van der Waals surface area contributed by atoms with Crippen molar-refractivity contribution in [2.24, 2.45) is 0 Å². The second-order valence-electron chi connectivity index (χ2n) is 8.47. The molecule has 0 radical (unpaired) electrons. The molecular formula is C26H31N3O4. The fraction of sp³-hybridized carbons (Fsp3) is 0.385. The van der Waals surface area contributed by atoms with Crippen molar-refractivity contribution in [2.45, 2.75) is 45.8 Å². The summed E-state index contributed by atoms with van der Waals surface area (Å²) < 4.78 is 11.4. The van der Waals surface area contributed by atoms with E-state index in [2.05, 4.69) is 17.1 Å². The lowest BCUT2D eigenvalue weighted by molar-refractivity contribution is 0.0601. The second-order valence-corrected chi connectivity index (χ2v) is 8.47. The molecule has 0 saturated heterocycles. The van der Waals surface area contributed by atoms with Crippen LogP contribution in [0.4, 0.5) is 0 Å². The minimum atomic E-state index is -0.319. The number of amides is 1. The monoisotopic (exact) mass is 449 g/mol. The first-order valence-corrected chi connectivity index (χ1v) is 11.5. The highest BCUT2D eigenvalue weighted by Gasteiger charge is 2.42. The summed E-state index contributed by atoms with van der Waals surface area (Å²) in [6, 6.07) is 14.6. The van der Waals surface area contributed by atoms with Gasteiger partial charge in [-0.1, -0.05) is 31.2 Å². The van der Waals surface area contributed by atoms with Gasteiger partial charge in [-0.15, -0.1) is 0 Å². The van der Waals surface area contributed by atoms with E-state index < -0.39 is 0 Å². The summed E-state index contributed by atoms with van der Waals surface area (Å²) >= 11 is 0. The number of ether oxygens (including phenoxy) is 2. The largest absolute Gasteiger partial charge is 0.507 e. The van der Waals surface area contributed by atoms with Gasteiger partial charge in [-0.2, -0.15) is 5.10 Å². The zero-order valence-electron chi connectivity index (χ0n) is 19.4. The van der Waals surface area contributed by atoms with Crippen LogP contribution in [-0.4, -0.2) is 52.0 Å². The van der Waals surface area contributed by atoms with E-state index in [1.165, 1.54) is 0 Å². The Balaban J connectivity index is 1.71. The van der Waals surface area contributed by atoms with Crippen LogP contribution in [0, 0.1) is 0 Å². The number of nitrogens with one attached hydrogen (secondary N) is 1. The van der Waals surface area contributed by atoms with E-state index in [0.29, 0.717) is 36.7 Å². The smallest absolute Gasteiger partial charge is 0.273 e. The number of carbonyl (C=O) groups excluding carboxylic acids is 1. The van der Waals surface area contributed by atoms with Gasteiger partial charge in [-0.05, 0) is 56.5 Å². The molecule has 1 aromatic heterocycles. The van der Waals surface area contributed by atoms with Crippen molar-refractivity contribution < 1.29 is 19.4 Å². The number of phenolic OH excluding ortho intramolecular Hbond substituents is 1. The lowest BCUT2D eigenvalue weighted by Crippen LogP contribution is -2.31. The number of hydrogen-bond donors (Lipinski definition) is 2. The highest BCUT2D eigenvalue weighted by atomic mass is 16.5. The zero-order valence-corrected chi connectivity index (χ0v) is 19.4. The van der Waals surface area contributed by atoms with Gasteiger partial charge in [-0.3, -0.25) is 9.89 Å². The van der Waals surface area contributed by atoms with Crippen molar-refractivity contribution in [3.63, 3.8) is 0 Å². The summed E-state index contributed by atoms with van der Waals surface area (Å²) in [7, 11) is 0. The number of hydrogen-bond acceptors (Lipinski definition) is 5. The molecule has 7 heteroatoms. The average molecular weight is 450 g/mol. The Labute approximate surface area is 194 Å². The molecule has 0 saturated carbocycles. The number of benzene rings is 2. The third kappa shape index (κ3) is 4.73. The molecule has 1 amide bonds. The van der Waals surface area contributed by atoms with Crippen molar-refractivity contribution in [1.29, 1.82) is 0 Å². The number of carbonyl (C=O) groups is 1. The number of H-pyrrole nitrogens is 1. The fourth-order valence-electron chi connectivity index (χ4n) is 4.17. The summed E-state index contributed by atoms with van der Waals surface area (Å²) in [5, 5.41) is 17.8. The first-order valence-electron chi connectivity index (χ1n) is 11.5. The molecule has 174 valence electrons. The van der Waals surface area contributed by atoms with Crippen LogP contribution in [0.15, 0.2) is 48.5 Å². The molecule has 4 rings (SSSR count). The van der Waals surface area contributed by atoms with Gasteiger partial charge >= 0.3 is 0 Å². The van der Waals surface area contributed by atoms with Gasteiger partial charge in [0.15, 0.2) is 0 Å². The SMILES string of the molecule is CCCOc1ccc([C@H]2c3c(-c4ccccc4O)n[nH]c3C(=O)N2CCCOC(C)C)cc1. The third-order valence-electron chi connectivity index (χ3n) is 5.69. The summed E-state index contributed by atoms with van der Waals surface area (Å²) in [5.74, 6) is 0.834. The predicted octanol–water partition coefficient (Wildman–Crippen LogP) is 4.93. The molecule has 33 heavy (non-hydrogen) atoms. The van der Waals surface area contributed by atoms with Crippen LogP contribution < -0.4 is 4.74 Å². The van der Waals surface area contributed by atoms with Crippen molar-refractivity contribution in [2.75, 3.05) is 19.8 Å². The first-order chi connectivity index (χ1) is 16.0. The molecule has 7 nitrogen and oxygen atoms in total. The molecular weight excluding hydrogens is 418 g/mol. The van der Waals surface area contributed by atoms with Crippen LogP contribution in [0.25, 0.3) is 11.3 Å². The predicted molar refractivity (Wildman–Crippen MR) is 127 cm³/mol. The van der Waals surface area contributed by atoms with Crippen molar-refractivity contribution >= 4 is 5.91 Å². The van der Waals surface area contributed by atoms with E-state index in [1.807, 2.05) is 55.1 Å². The van der Waals surface area contributed by atoms with E-state index >= 15 is 0 Å². The van der Waals surface area contributed by atoms with E-state index in [4.69, 9.17) is 9.47 Å². The Bertz CT molecular complexity index is 1090. The van der Waals surface area contributed by atoms with Crippen LogP contribution in [-0.2, 0) is 4.74 Å². The Hall–Kier alpha value is -3.32. The highest BCUT2D eigenvalue weighted by molar-refractivity contribution is 6.00. The molecule has 1 atom stereocenters. The van der Waals surface area contributed by atoms with Crippen molar-refractivity contribution in [3.8, 4) is 22.8 Å². The van der Waals surface area contributed by atoms with Crippen molar-refractivity contribution in [1.82, 2.24) is 15.1 Å². The summed E-state index contributed by atoms with van der Waals surface area (Å²) in [6.45, 7) is 7.86. The molecule has 3 aromatic rings. The molecule has 0 unspecified atom stereocenters. The molecule has 1 aliphatic rings. The minimum Gasteiger partial charge on any atom is -0.507 e. The van der Waals surface area contributed by atoms with Crippen LogP contribution >= 0.6 is 0 Å². The van der Waals surface area contributed by atoms with E-state index in [0.717, 1.165) is 29.7 Å². The molecule has 0 aliphatic carbocycles. The number of fused-ring (bicyclic) bond motifs is 1. The Morgan fingerprint density at radius 3 is 2.58 bits per heavy atom. The molecule has 1 aliphatic heterocycles. The molecule has 2 heterocycles. The normalized spacial score (nSPS) is 15.3. The second kappa shape index (κ2) is 10.1. The van der Waals surface area contributed by atoms with Gasteiger partial charge in [0.25, 0.3) is 5.91 Å². The van der Waals surface area contributed by atoms with Gasteiger partial charge in [0, 0.05) is 24.3 Å². The van der Waals surface area contributed by atoms with Gasteiger partial charge in [0.1, 0.15) is 22.9 Å². The average Bonchev–Trinajstić information content (AvgIpc) is 3.35. The summed E-state index contributed by atoms with van der Waals surface area (Å²) in [5.41, 5.74) is 3.41. The van der Waals surface area contributed by atoms with Crippen LogP contribution in [0.3, 0.4) is 0 Å². The minimum absolute atomic E-state index is 0.0972. The fourth-order valence-corrected chi connectivity index (χ4v) is 4.17. The highest BCUT2D eigenvalue weighted by Crippen LogP contribution is 2.44. The van der Waals surface area contributed by atoms with Gasteiger partial charge in [-0.25, -0.2) is 0 Å². The maximum Gasteiger partial charge on any atom is 0.273 e. The molecule has 2 aromatic carbocycles. The summed E-state index contributed by atoms with van der Waals surface area (Å²) in [6.07, 6.45) is 1.81. The maximum atomic E-state index is 13.4. The Kier molecular flexibility index (Phi) is 6.99. The topological polar surface area (TPSA) is 87.7 Å². The molecule has 0 fully saturated rings. The number of para-hydroxylation sites is 1. The zero-order chi connectivity index (χ0) is 23.4. The lowest BCUT2D eigenvalue weighted by Gasteiger charge is -2.26. The quantitative estimate of drug-likeness (QED) is 0.429. The third-order valence-corrected chi connectivity index (χ3v) is 5.69. The number of rotatable bonds is 10. The number of aromatic amines is 1. The first kappa shape index (κ1) is 22.9. The summed E-state index contributed by atoms with van der Waals surface area (Å²) in [4.78, 5) is 15.2. The number of nitrogens with zero attached hydrogens (tertiary/aromatic N) is 2. The van der Waals surface area contributed by atoms with Crippen LogP contribution in [0.1, 0.15) is 61.3 Å². The van der Waals surface area contributed by atoms with Gasteiger partial charge < -0.3 is 19.5 Å². The van der Waals surface area contributed by atoms with Crippen LogP contribution in [0.2, 0.25) is 0 Å². The standard InChI is InChI=1S/C26H31N3O4/c1-4-15-33-19-12-10-18(11-13-19)25-22-23(20-8-5-6-9-21(20)30)27-28-24(22)26(31)29(25)14-7-16-32-17(2)3/h5-6,8-13,17,25,30H,4,7,14-16H2,1-3H3,(H,27,28)/t25-/m0/s1. The van der Waals surface area contributed by atoms with Gasteiger partial charge in [0.05, 0.1) is 18.8 Å². The van der Waals surface area contributed by atoms with E-state index in [1.54, 1.807) is 12.1 Å².